The molecule has 0 aromatic heterocycles. The van der Waals surface area contributed by atoms with E-state index in [4.69, 9.17) is 0 Å². The van der Waals surface area contributed by atoms with Crippen LogP contribution in [0.1, 0.15) is 25.8 Å². The standard InChI is InChI=1S/C14H21NO/c1-11-10-15(3)12(2)9-14(11,16)13-7-5-4-6-8-13/h4-8,11-12,16H,9-10H2,1-3H3/p+1/t11-,12+,14+/m1/s1. The van der Waals surface area contributed by atoms with Crippen molar-refractivity contribution in [3.05, 3.63) is 35.9 Å². The van der Waals surface area contributed by atoms with Gasteiger partial charge in [0.25, 0.3) is 0 Å². The Morgan fingerprint density at radius 3 is 2.50 bits per heavy atom. The largest absolute Gasteiger partial charge is 0.384 e. The van der Waals surface area contributed by atoms with E-state index in [0.717, 1.165) is 18.5 Å². The number of likely N-dealkylation sites (tertiary alicyclic amines) is 1. The summed E-state index contributed by atoms with van der Waals surface area (Å²) in [7, 11) is 2.21. The molecule has 0 aliphatic carbocycles. The summed E-state index contributed by atoms with van der Waals surface area (Å²) in [6.07, 6.45) is 0.851. The van der Waals surface area contributed by atoms with Gasteiger partial charge in [0.15, 0.2) is 0 Å². The van der Waals surface area contributed by atoms with Crippen molar-refractivity contribution in [1.82, 2.24) is 0 Å². The second kappa shape index (κ2) is 4.19. The van der Waals surface area contributed by atoms with Gasteiger partial charge in [0.1, 0.15) is 5.60 Å². The highest BCUT2D eigenvalue weighted by Gasteiger charge is 2.44. The van der Waals surface area contributed by atoms with E-state index >= 15 is 0 Å². The van der Waals surface area contributed by atoms with Gasteiger partial charge in [0.05, 0.1) is 19.6 Å². The van der Waals surface area contributed by atoms with Gasteiger partial charge in [-0.15, -0.1) is 0 Å². The minimum Gasteiger partial charge on any atom is -0.384 e. The van der Waals surface area contributed by atoms with E-state index in [2.05, 4.69) is 20.9 Å². The van der Waals surface area contributed by atoms with Crippen molar-refractivity contribution in [3.63, 3.8) is 0 Å². The quantitative estimate of drug-likeness (QED) is 0.719. The second-order valence-electron chi connectivity index (χ2n) is 5.35. The fraction of sp³-hybridized carbons (Fsp3) is 0.571. The van der Waals surface area contributed by atoms with Crippen LogP contribution in [0.2, 0.25) is 0 Å². The Morgan fingerprint density at radius 2 is 1.88 bits per heavy atom. The van der Waals surface area contributed by atoms with Gasteiger partial charge in [-0.2, -0.15) is 0 Å². The van der Waals surface area contributed by atoms with Crippen LogP contribution >= 0.6 is 0 Å². The molecule has 2 nitrogen and oxygen atoms in total. The third-order valence-corrected chi connectivity index (χ3v) is 4.18. The van der Waals surface area contributed by atoms with Gasteiger partial charge < -0.3 is 10.0 Å². The molecule has 0 bridgehead atoms. The summed E-state index contributed by atoms with van der Waals surface area (Å²) in [5, 5.41) is 10.9. The Balaban J connectivity index is 2.31. The molecular formula is C14H22NO+. The number of piperidine rings is 1. The first-order chi connectivity index (χ1) is 7.54. The van der Waals surface area contributed by atoms with Gasteiger partial charge in [-0.3, -0.25) is 0 Å². The van der Waals surface area contributed by atoms with Crippen molar-refractivity contribution in [3.8, 4) is 0 Å². The molecule has 2 N–H and O–H groups in total. The third kappa shape index (κ3) is 1.87. The highest BCUT2D eigenvalue weighted by Crippen LogP contribution is 2.35. The molecule has 1 aromatic carbocycles. The molecule has 2 rings (SSSR count). The van der Waals surface area contributed by atoms with Crippen molar-refractivity contribution >= 4 is 0 Å². The monoisotopic (exact) mass is 220 g/mol. The van der Waals surface area contributed by atoms with Crippen LogP contribution in [0.5, 0.6) is 0 Å². The average molecular weight is 220 g/mol. The predicted molar refractivity (Wildman–Crippen MR) is 65.3 cm³/mol. The zero-order valence-electron chi connectivity index (χ0n) is 10.4. The van der Waals surface area contributed by atoms with Crippen LogP contribution < -0.4 is 4.90 Å². The number of rotatable bonds is 1. The van der Waals surface area contributed by atoms with Crippen molar-refractivity contribution in [2.45, 2.75) is 31.9 Å². The zero-order valence-corrected chi connectivity index (χ0v) is 10.4. The number of benzene rings is 1. The Labute approximate surface area is 97.9 Å². The van der Waals surface area contributed by atoms with Gasteiger partial charge in [-0.05, 0) is 12.5 Å². The maximum atomic E-state index is 10.9. The normalized spacial score (nSPS) is 39.6. The van der Waals surface area contributed by atoms with Crippen molar-refractivity contribution in [2.75, 3.05) is 13.6 Å². The van der Waals surface area contributed by atoms with Crippen molar-refractivity contribution in [2.24, 2.45) is 5.92 Å². The van der Waals surface area contributed by atoms with E-state index in [1.165, 1.54) is 4.90 Å². The molecule has 88 valence electrons. The average Bonchev–Trinajstić information content (AvgIpc) is 2.28. The van der Waals surface area contributed by atoms with Crippen molar-refractivity contribution in [1.29, 1.82) is 0 Å². The molecule has 1 aliphatic rings. The van der Waals surface area contributed by atoms with Gasteiger partial charge in [-0.1, -0.05) is 37.3 Å². The van der Waals surface area contributed by atoms with E-state index < -0.39 is 5.60 Å². The summed E-state index contributed by atoms with van der Waals surface area (Å²) < 4.78 is 0. The molecule has 1 aliphatic heterocycles. The summed E-state index contributed by atoms with van der Waals surface area (Å²) in [5.74, 6) is 0.311. The topological polar surface area (TPSA) is 24.7 Å². The maximum Gasteiger partial charge on any atom is 0.103 e. The van der Waals surface area contributed by atoms with Crippen molar-refractivity contribution < 1.29 is 10.0 Å². The molecule has 16 heavy (non-hydrogen) atoms. The number of quaternary nitrogens is 1. The molecule has 2 heteroatoms. The Bertz CT molecular complexity index is 351. The van der Waals surface area contributed by atoms with E-state index in [1.54, 1.807) is 0 Å². The molecule has 1 heterocycles. The summed E-state index contributed by atoms with van der Waals surface area (Å²) in [6.45, 7) is 5.41. The third-order valence-electron chi connectivity index (χ3n) is 4.18. The summed E-state index contributed by atoms with van der Waals surface area (Å²) in [6, 6.07) is 10.6. The van der Waals surface area contributed by atoms with Crippen LogP contribution in [0.25, 0.3) is 0 Å². The Kier molecular flexibility index (Phi) is 3.04. The maximum absolute atomic E-state index is 10.9. The van der Waals surface area contributed by atoms with E-state index in [0.29, 0.717) is 12.0 Å². The van der Waals surface area contributed by atoms with Crippen LogP contribution in [0.3, 0.4) is 0 Å². The first-order valence-electron chi connectivity index (χ1n) is 6.14. The molecule has 1 aromatic rings. The molecule has 4 atom stereocenters. The molecule has 1 saturated heterocycles. The lowest BCUT2D eigenvalue weighted by atomic mass is 9.74. The lowest BCUT2D eigenvalue weighted by molar-refractivity contribution is -0.916. The van der Waals surface area contributed by atoms with E-state index in [1.807, 2.05) is 30.3 Å². The summed E-state index contributed by atoms with van der Waals surface area (Å²) in [5.41, 5.74) is 0.432. The van der Waals surface area contributed by atoms with Crippen LogP contribution in [0, 0.1) is 5.92 Å². The minimum absolute atomic E-state index is 0.311. The number of aliphatic hydroxyl groups is 1. The van der Waals surface area contributed by atoms with Gasteiger partial charge >= 0.3 is 0 Å². The molecule has 0 saturated carbocycles. The van der Waals surface area contributed by atoms with Gasteiger partial charge in [0.2, 0.25) is 0 Å². The Morgan fingerprint density at radius 1 is 1.25 bits per heavy atom. The number of nitrogens with one attached hydrogen (secondary N) is 1. The molecule has 0 amide bonds. The van der Waals surface area contributed by atoms with Gasteiger partial charge in [0, 0.05) is 12.3 Å². The smallest absolute Gasteiger partial charge is 0.103 e. The molecule has 0 spiro atoms. The molecule has 1 fully saturated rings. The van der Waals surface area contributed by atoms with Crippen LogP contribution in [-0.4, -0.2) is 24.7 Å². The molecular weight excluding hydrogens is 198 g/mol. The number of hydrogen-bond donors (Lipinski definition) is 2. The summed E-state index contributed by atoms with van der Waals surface area (Å²) in [4.78, 5) is 1.52. The number of hydrogen-bond acceptors (Lipinski definition) is 1. The SMILES string of the molecule is C[C@@H]1C[NH+](C)[C@@H](C)C[C@@]1(O)c1ccccc1. The predicted octanol–water partition coefficient (Wildman–Crippen LogP) is 0.817. The molecule has 1 unspecified atom stereocenters. The second-order valence-corrected chi connectivity index (χ2v) is 5.35. The first-order valence-corrected chi connectivity index (χ1v) is 6.14. The fourth-order valence-electron chi connectivity index (χ4n) is 2.82. The zero-order chi connectivity index (χ0) is 11.8. The van der Waals surface area contributed by atoms with Crippen LogP contribution in [0.4, 0.5) is 0 Å². The van der Waals surface area contributed by atoms with Gasteiger partial charge in [-0.25, -0.2) is 0 Å². The Hall–Kier alpha value is -0.860. The molecule has 0 radical (unpaired) electrons. The van der Waals surface area contributed by atoms with E-state index in [9.17, 15) is 5.11 Å². The first kappa shape index (κ1) is 11.6. The minimum atomic E-state index is -0.639. The van der Waals surface area contributed by atoms with E-state index in [-0.39, 0.29) is 0 Å². The lowest BCUT2D eigenvalue weighted by Gasteiger charge is -2.43. The lowest BCUT2D eigenvalue weighted by Crippen LogP contribution is -3.15. The highest BCUT2D eigenvalue weighted by atomic mass is 16.3. The summed E-state index contributed by atoms with van der Waals surface area (Å²) >= 11 is 0. The fourth-order valence-corrected chi connectivity index (χ4v) is 2.82. The van der Waals surface area contributed by atoms with Crippen LogP contribution in [0.15, 0.2) is 30.3 Å². The van der Waals surface area contributed by atoms with Crippen LogP contribution in [-0.2, 0) is 5.60 Å². The highest BCUT2D eigenvalue weighted by molar-refractivity contribution is 5.23.